The van der Waals surface area contributed by atoms with Crippen LogP contribution >= 0.6 is 0 Å². The normalized spacial score (nSPS) is 55.1. The molecule has 0 aliphatic heterocycles. The Morgan fingerprint density at radius 1 is 0.970 bits per heavy atom. The average Bonchev–Trinajstić information content (AvgIpc) is 3.08. The van der Waals surface area contributed by atoms with Crippen molar-refractivity contribution in [1.29, 1.82) is 0 Å². The molecule has 1 N–H and O–H groups in total. The van der Waals surface area contributed by atoms with Gasteiger partial charge < -0.3 is 5.11 Å². The molecule has 0 radical (unpaired) electrons. The highest BCUT2D eigenvalue weighted by Gasteiger charge is 2.72. The molecule has 0 aromatic rings. The third-order valence-electron chi connectivity index (χ3n) is 13.1. The molecule has 5 rings (SSSR count). The van der Waals surface area contributed by atoms with Crippen LogP contribution in [0.1, 0.15) is 99.3 Å². The van der Waals surface area contributed by atoms with E-state index in [1.807, 2.05) is 0 Å². The fourth-order valence-electron chi connectivity index (χ4n) is 11.4. The van der Waals surface area contributed by atoms with Gasteiger partial charge in [0.05, 0.1) is 6.10 Å². The number of carbonyl (C=O) groups excluding carboxylic acids is 2. The van der Waals surface area contributed by atoms with E-state index in [1.54, 1.807) is 0 Å². The van der Waals surface area contributed by atoms with Gasteiger partial charge in [-0.05, 0) is 102 Å². The predicted octanol–water partition coefficient (Wildman–Crippen LogP) is 6.38. The lowest BCUT2D eigenvalue weighted by atomic mass is 9.32. The molecule has 0 saturated heterocycles. The SMILES string of the molecule is C=C(C=O)C1CCC2(C)CCC3(C)C(CCC4C5(C)CCC(=O)C(C)(C)C5C(O)CC43C)C12. The second-order valence-corrected chi connectivity index (χ2v) is 14.5. The minimum atomic E-state index is -0.450. The van der Waals surface area contributed by atoms with Gasteiger partial charge in [0, 0.05) is 17.8 Å². The van der Waals surface area contributed by atoms with Gasteiger partial charge in [0.15, 0.2) is 0 Å². The van der Waals surface area contributed by atoms with Crippen molar-refractivity contribution in [3.05, 3.63) is 12.2 Å². The molecule has 33 heavy (non-hydrogen) atoms. The Hall–Kier alpha value is -0.960. The Labute approximate surface area is 201 Å². The maximum absolute atomic E-state index is 12.9. The first-order valence-corrected chi connectivity index (χ1v) is 13.6. The molecule has 5 aliphatic rings. The van der Waals surface area contributed by atoms with E-state index in [0.717, 1.165) is 31.1 Å². The number of fused-ring (bicyclic) bond motifs is 7. The van der Waals surface area contributed by atoms with Gasteiger partial charge in [0.25, 0.3) is 0 Å². The van der Waals surface area contributed by atoms with Crippen molar-refractivity contribution >= 4 is 12.1 Å². The van der Waals surface area contributed by atoms with Gasteiger partial charge in [-0.15, -0.1) is 0 Å². The van der Waals surface area contributed by atoms with E-state index < -0.39 is 11.5 Å². The van der Waals surface area contributed by atoms with Crippen molar-refractivity contribution in [2.75, 3.05) is 0 Å². The zero-order chi connectivity index (χ0) is 24.2. The molecule has 0 aromatic carbocycles. The first kappa shape index (κ1) is 23.8. The number of allylic oxidation sites excluding steroid dienone is 1. The van der Waals surface area contributed by atoms with Gasteiger partial charge in [-0.2, -0.15) is 0 Å². The van der Waals surface area contributed by atoms with Crippen LogP contribution in [-0.4, -0.2) is 23.3 Å². The number of hydrogen-bond donors (Lipinski definition) is 1. The van der Waals surface area contributed by atoms with Crippen molar-refractivity contribution in [2.45, 2.75) is 105 Å². The van der Waals surface area contributed by atoms with Crippen LogP contribution in [0.3, 0.4) is 0 Å². The van der Waals surface area contributed by atoms with Crippen LogP contribution in [0.4, 0.5) is 0 Å². The first-order valence-electron chi connectivity index (χ1n) is 13.6. The molecule has 5 aliphatic carbocycles. The van der Waals surface area contributed by atoms with Crippen LogP contribution in [-0.2, 0) is 9.59 Å². The van der Waals surface area contributed by atoms with Crippen molar-refractivity contribution in [3.8, 4) is 0 Å². The minimum Gasteiger partial charge on any atom is -0.393 e. The van der Waals surface area contributed by atoms with Crippen LogP contribution in [0.5, 0.6) is 0 Å². The van der Waals surface area contributed by atoms with E-state index in [4.69, 9.17) is 0 Å². The molecule has 0 heterocycles. The van der Waals surface area contributed by atoms with E-state index in [2.05, 4.69) is 48.1 Å². The Balaban J connectivity index is 1.58. The molecule has 5 fully saturated rings. The number of Topliss-reactive ketones (excluding diaryl/α,β-unsaturated/α-hetero) is 1. The highest BCUT2D eigenvalue weighted by Crippen LogP contribution is 2.77. The molecule has 3 nitrogen and oxygen atoms in total. The Bertz CT molecular complexity index is 889. The third kappa shape index (κ3) is 2.78. The Kier molecular flexibility index (Phi) is 5.08. The lowest BCUT2D eigenvalue weighted by Crippen LogP contribution is -2.69. The molecule has 10 unspecified atom stereocenters. The van der Waals surface area contributed by atoms with E-state index >= 15 is 0 Å². The first-order chi connectivity index (χ1) is 15.3. The molecule has 3 heteroatoms. The highest BCUT2D eigenvalue weighted by atomic mass is 16.3. The van der Waals surface area contributed by atoms with Gasteiger partial charge in [0.1, 0.15) is 12.1 Å². The van der Waals surface area contributed by atoms with Crippen molar-refractivity contribution in [1.82, 2.24) is 0 Å². The standard InChI is InChI=1S/C30H46O3/c1-18(17-31)19-10-12-27(4)14-15-29(6)20(24(19)27)8-9-22-28(5)13-11-23(33)26(2,3)25(28)21(32)16-30(22,29)7/h17,19-22,24-25,32H,1,8-16H2,2-7H3. The largest absolute Gasteiger partial charge is 0.393 e. The van der Waals surface area contributed by atoms with Gasteiger partial charge in [-0.3, -0.25) is 9.59 Å². The van der Waals surface area contributed by atoms with E-state index in [9.17, 15) is 14.7 Å². The molecule has 0 amide bonds. The second-order valence-electron chi connectivity index (χ2n) is 14.5. The van der Waals surface area contributed by atoms with Crippen LogP contribution < -0.4 is 0 Å². The van der Waals surface area contributed by atoms with Crippen molar-refractivity contribution in [2.24, 2.45) is 56.7 Å². The molecule has 0 spiro atoms. The van der Waals surface area contributed by atoms with E-state index in [0.29, 0.717) is 41.3 Å². The summed E-state index contributed by atoms with van der Waals surface area (Å²) in [6.07, 6.45) is 10.1. The molecule has 184 valence electrons. The number of aliphatic hydroxyl groups excluding tert-OH is 1. The van der Waals surface area contributed by atoms with Gasteiger partial charge in [0.2, 0.25) is 0 Å². The van der Waals surface area contributed by atoms with Gasteiger partial charge >= 0.3 is 0 Å². The summed E-state index contributed by atoms with van der Waals surface area (Å²) in [6, 6.07) is 0. The molecule has 0 bridgehead atoms. The summed E-state index contributed by atoms with van der Waals surface area (Å²) in [4.78, 5) is 24.7. The predicted molar refractivity (Wildman–Crippen MR) is 131 cm³/mol. The summed E-state index contributed by atoms with van der Waals surface area (Å²) in [7, 11) is 0. The van der Waals surface area contributed by atoms with E-state index in [-0.39, 0.29) is 22.2 Å². The zero-order valence-corrected chi connectivity index (χ0v) is 21.9. The molecule has 10 atom stereocenters. The fraction of sp³-hybridized carbons (Fsp3) is 0.867. The maximum atomic E-state index is 12.9. The minimum absolute atomic E-state index is 0.0000277. The van der Waals surface area contributed by atoms with Gasteiger partial charge in [-0.1, -0.05) is 48.1 Å². The lowest BCUT2D eigenvalue weighted by molar-refractivity contribution is -0.258. The second kappa shape index (κ2) is 7.05. The smallest absolute Gasteiger partial charge is 0.145 e. The van der Waals surface area contributed by atoms with Crippen LogP contribution in [0, 0.1) is 56.7 Å². The number of ketones is 1. The number of rotatable bonds is 2. The fourth-order valence-corrected chi connectivity index (χ4v) is 11.4. The monoisotopic (exact) mass is 454 g/mol. The summed E-state index contributed by atoms with van der Waals surface area (Å²) < 4.78 is 0. The molecule has 5 saturated carbocycles. The molecular formula is C30H46O3. The number of aliphatic hydroxyl groups is 1. The van der Waals surface area contributed by atoms with Crippen LogP contribution in [0.25, 0.3) is 0 Å². The van der Waals surface area contributed by atoms with E-state index in [1.165, 1.54) is 32.1 Å². The third-order valence-corrected chi connectivity index (χ3v) is 13.1. The summed E-state index contributed by atoms with van der Waals surface area (Å²) in [5, 5.41) is 11.7. The highest BCUT2D eigenvalue weighted by molar-refractivity contribution is 5.85. The average molecular weight is 455 g/mol. The quantitative estimate of drug-likeness (QED) is 0.389. The Morgan fingerprint density at radius 3 is 2.33 bits per heavy atom. The van der Waals surface area contributed by atoms with Crippen molar-refractivity contribution < 1.29 is 14.7 Å². The summed E-state index contributed by atoms with van der Waals surface area (Å²) >= 11 is 0. The number of carbonyl (C=O) groups is 2. The molecular weight excluding hydrogens is 408 g/mol. The zero-order valence-electron chi connectivity index (χ0n) is 21.9. The summed E-state index contributed by atoms with van der Waals surface area (Å²) in [5.41, 5.74) is 0.863. The maximum Gasteiger partial charge on any atom is 0.145 e. The Morgan fingerprint density at radius 2 is 1.67 bits per heavy atom. The molecule has 0 aromatic heterocycles. The lowest BCUT2D eigenvalue weighted by Gasteiger charge is -2.73. The van der Waals surface area contributed by atoms with Gasteiger partial charge in [-0.25, -0.2) is 0 Å². The topological polar surface area (TPSA) is 54.4 Å². The van der Waals surface area contributed by atoms with Crippen LogP contribution in [0.2, 0.25) is 0 Å². The summed E-state index contributed by atoms with van der Waals surface area (Å²) in [6.45, 7) is 18.3. The number of hydrogen-bond acceptors (Lipinski definition) is 3. The van der Waals surface area contributed by atoms with Crippen LogP contribution in [0.15, 0.2) is 12.2 Å². The summed E-state index contributed by atoms with van der Waals surface area (Å²) in [5.74, 6) is 2.34. The van der Waals surface area contributed by atoms with Crippen molar-refractivity contribution in [3.63, 3.8) is 0 Å². The number of aldehydes is 1.